The molecule has 8 heteroatoms. The first-order chi connectivity index (χ1) is 11.8. The van der Waals surface area contributed by atoms with Crippen molar-refractivity contribution in [3.63, 3.8) is 0 Å². The van der Waals surface area contributed by atoms with Gasteiger partial charge < -0.3 is 20.1 Å². The Bertz CT molecular complexity index is 873. The van der Waals surface area contributed by atoms with Crippen molar-refractivity contribution in [1.29, 1.82) is 0 Å². The van der Waals surface area contributed by atoms with Crippen molar-refractivity contribution in [2.75, 3.05) is 17.4 Å². The number of benzene rings is 2. The number of halogens is 1. The molecular formula is C16H12ClN5O2. The average Bonchev–Trinajstić information content (AvgIpc) is 3.05. The van der Waals surface area contributed by atoms with Gasteiger partial charge in [0.1, 0.15) is 0 Å². The first kappa shape index (κ1) is 14.5. The van der Waals surface area contributed by atoms with Gasteiger partial charge in [-0.25, -0.2) is 0 Å². The fourth-order valence-corrected chi connectivity index (χ4v) is 2.33. The molecule has 1 aliphatic heterocycles. The zero-order valence-electron chi connectivity index (χ0n) is 12.4. The summed E-state index contributed by atoms with van der Waals surface area (Å²) in [4.78, 5) is 4.38. The molecule has 1 aromatic heterocycles. The van der Waals surface area contributed by atoms with E-state index in [1.807, 2.05) is 30.3 Å². The fourth-order valence-electron chi connectivity index (χ4n) is 2.20. The molecule has 7 nitrogen and oxygen atoms in total. The van der Waals surface area contributed by atoms with E-state index in [1.165, 1.54) is 6.20 Å². The van der Waals surface area contributed by atoms with Crippen LogP contribution in [0.25, 0.3) is 0 Å². The third kappa shape index (κ3) is 3.16. The van der Waals surface area contributed by atoms with Crippen molar-refractivity contribution in [1.82, 2.24) is 15.2 Å². The van der Waals surface area contributed by atoms with Crippen LogP contribution < -0.4 is 20.1 Å². The summed E-state index contributed by atoms with van der Waals surface area (Å²) in [6.45, 7) is 0.239. The molecule has 0 spiro atoms. The van der Waals surface area contributed by atoms with E-state index in [1.54, 1.807) is 12.1 Å². The van der Waals surface area contributed by atoms with Gasteiger partial charge in [-0.3, -0.25) is 0 Å². The molecule has 4 rings (SSSR count). The van der Waals surface area contributed by atoms with Crippen LogP contribution in [0.3, 0.4) is 0 Å². The summed E-state index contributed by atoms with van der Waals surface area (Å²) >= 11 is 5.87. The summed E-state index contributed by atoms with van der Waals surface area (Å²) in [6.07, 6.45) is 1.54. The summed E-state index contributed by atoms with van der Waals surface area (Å²) in [6, 6.07) is 12.8. The molecule has 0 amide bonds. The lowest BCUT2D eigenvalue weighted by Gasteiger charge is -2.08. The zero-order valence-corrected chi connectivity index (χ0v) is 13.1. The number of ether oxygens (including phenoxy) is 2. The highest BCUT2D eigenvalue weighted by molar-refractivity contribution is 6.30. The molecule has 0 unspecified atom stereocenters. The van der Waals surface area contributed by atoms with Crippen LogP contribution >= 0.6 is 11.6 Å². The molecule has 0 radical (unpaired) electrons. The summed E-state index contributed by atoms with van der Waals surface area (Å²) < 4.78 is 10.6. The molecule has 0 saturated heterocycles. The Morgan fingerprint density at radius 2 is 1.71 bits per heavy atom. The van der Waals surface area contributed by atoms with Gasteiger partial charge in [-0.15, -0.1) is 5.10 Å². The topological polar surface area (TPSA) is 81.2 Å². The number of hydrogen-bond donors (Lipinski definition) is 2. The van der Waals surface area contributed by atoms with Gasteiger partial charge in [0.05, 0.1) is 6.20 Å². The number of hydrogen-bond acceptors (Lipinski definition) is 7. The van der Waals surface area contributed by atoms with Gasteiger partial charge in [-0.2, -0.15) is 10.1 Å². The number of nitrogens with zero attached hydrogens (tertiary/aromatic N) is 3. The monoisotopic (exact) mass is 341 g/mol. The number of rotatable bonds is 4. The van der Waals surface area contributed by atoms with Gasteiger partial charge in [0, 0.05) is 22.5 Å². The number of aromatic nitrogens is 3. The van der Waals surface area contributed by atoms with Crippen molar-refractivity contribution in [3.8, 4) is 11.5 Å². The van der Waals surface area contributed by atoms with Crippen LogP contribution in [-0.2, 0) is 0 Å². The average molecular weight is 342 g/mol. The first-order valence-corrected chi connectivity index (χ1v) is 7.53. The van der Waals surface area contributed by atoms with Crippen molar-refractivity contribution in [2.45, 2.75) is 0 Å². The van der Waals surface area contributed by atoms with Crippen molar-refractivity contribution in [2.24, 2.45) is 0 Å². The van der Waals surface area contributed by atoms with Crippen LogP contribution in [0.1, 0.15) is 0 Å². The molecular weight excluding hydrogens is 330 g/mol. The van der Waals surface area contributed by atoms with E-state index in [0.717, 1.165) is 17.1 Å². The van der Waals surface area contributed by atoms with E-state index in [-0.39, 0.29) is 6.79 Å². The van der Waals surface area contributed by atoms with Crippen LogP contribution in [0.4, 0.5) is 23.1 Å². The molecule has 1 aliphatic rings. The molecule has 2 N–H and O–H groups in total. The smallest absolute Gasteiger partial charge is 0.249 e. The minimum atomic E-state index is 0.239. The van der Waals surface area contributed by atoms with Crippen molar-refractivity contribution in [3.05, 3.63) is 53.7 Å². The highest BCUT2D eigenvalue weighted by Crippen LogP contribution is 2.34. The molecule has 120 valence electrons. The third-order valence-corrected chi connectivity index (χ3v) is 3.56. The minimum absolute atomic E-state index is 0.239. The Balaban J connectivity index is 1.51. The molecule has 0 atom stereocenters. The zero-order chi connectivity index (χ0) is 16.4. The third-order valence-electron chi connectivity index (χ3n) is 3.30. The number of nitrogens with one attached hydrogen (secondary N) is 2. The van der Waals surface area contributed by atoms with E-state index in [0.29, 0.717) is 22.5 Å². The number of fused-ring (bicyclic) bond motifs is 1. The van der Waals surface area contributed by atoms with E-state index in [2.05, 4.69) is 25.8 Å². The van der Waals surface area contributed by atoms with E-state index in [4.69, 9.17) is 21.1 Å². The van der Waals surface area contributed by atoms with Gasteiger partial charge in [-0.05, 0) is 36.4 Å². The summed E-state index contributed by atoms with van der Waals surface area (Å²) in [5.74, 6) is 2.36. The lowest BCUT2D eigenvalue weighted by atomic mass is 10.3. The molecule has 0 aliphatic carbocycles. The Morgan fingerprint density at radius 1 is 0.917 bits per heavy atom. The largest absolute Gasteiger partial charge is 0.454 e. The lowest BCUT2D eigenvalue weighted by Crippen LogP contribution is -2.02. The minimum Gasteiger partial charge on any atom is -0.454 e. The quantitative estimate of drug-likeness (QED) is 0.748. The molecule has 24 heavy (non-hydrogen) atoms. The second-order valence-corrected chi connectivity index (χ2v) is 5.43. The summed E-state index contributed by atoms with van der Waals surface area (Å²) in [7, 11) is 0. The lowest BCUT2D eigenvalue weighted by molar-refractivity contribution is 0.174. The summed E-state index contributed by atoms with van der Waals surface area (Å²) in [5, 5.41) is 14.8. The molecule has 2 heterocycles. The second kappa shape index (κ2) is 6.21. The maximum Gasteiger partial charge on any atom is 0.249 e. The van der Waals surface area contributed by atoms with Gasteiger partial charge in [0.15, 0.2) is 17.3 Å². The predicted octanol–water partition coefficient (Wildman–Crippen LogP) is 3.74. The SMILES string of the molecule is Clc1ccc(Nc2nncc(Nc3ccc4c(c3)OCO4)n2)cc1. The maximum atomic E-state index is 5.87. The van der Waals surface area contributed by atoms with Crippen LogP contribution in [0.5, 0.6) is 11.5 Å². The number of anilines is 4. The second-order valence-electron chi connectivity index (χ2n) is 4.99. The van der Waals surface area contributed by atoms with Crippen molar-refractivity contribution >= 4 is 34.7 Å². The Morgan fingerprint density at radius 3 is 2.58 bits per heavy atom. The van der Waals surface area contributed by atoms with Crippen molar-refractivity contribution < 1.29 is 9.47 Å². The Labute approximate surface area is 142 Å². The van der Waals surface area contributed by atoms with Crippen LogP contribution in [0.2, 0.25) is 5.02 Å². The van der Waals surface area contributed by atoms with Gasteiger partial charge in [0.25, 0.3) is 0 Å². The first-order valence-electron chi connectivity index (χ1n) is 7.15. The molecule has 0 fully saturated rings. The fraction of sp³-hybridized carbons (Fsp3) is 0.0625. The highest BCUT2D eigenvalue weighted by Gasteiger charge is 2.13. The molecule has 0 saturated carbocycles. The molecule has 2 aromatic carbocycles. The Hall–Kier alpha value is -3.06. The van der Waals surface area contributed by atoms with E-state index < -0.39 is 0 Å². The van der Waals surface area contributed by atoms with Gasteiger partial charge in [0.2, 0.25) is 12.7 Å². The Kier molecular flexibility index (Phi) is 3.76. The molecule has 0 bridgehead atoms. The van der Waals surface area contributed by atoms with Gasteiger partial charge in [-0.1, -0.05) is 11.6 Å². The van der Waals surface area contributed by atoms with E-state index in [9.17, 15) is 0 Å². The van der Waals surface area contributed by atoms with E-state index >= 15 is 0 Å². The normalized spacial score (nSPS) is 12.0. The predicted molar refractivity (Wildman–Crippen MR) is 90.4 cm³/mol. The molecule has 3 aromatic rings. The van der Waals surface area contributed by atoms with Crippen LogP contribution in [-0.4, -0.2) is 22.0 Å². The summed E-state index contributed by atoms with van der Waals surface area (Å²) in [5.41, 5.74) is 1.64. The maximum absolute atomic E-state index is 5.87. The highest BCUT2D eigenvalue weighted by atomic mass is 35.5. The van der Waals surface area contributed by atoms with Crippen LogP contribution in [0, 0.1) is 0 Å². The van der Waals surface area contributed by atoms with Gasteiger partial charge >= 0.3 is 0 Å². The standard InChI is InChI=1S/C16H12ClN5O2/c17-10-1-3-11(4-2-10)20-16-21-15(8-18-22-16)19-12-5-6-13-14(7-12)24-9-23-13/h1-8H,9H2,(H2,19,20,21,22). The van der Waals surface area contributed by atoms with Crippen LogP contribution in [0.15, 0.2) is 48.7 Å².